The van der Waals surface area contributed by atoms with Crippen molar-refractivity contribution in [2.45, 2.75) is 39.7 Å². The monoisotopic (exact) mass is 371 g/mol. The van der Waals surface area contributed by atoms with Gasteiger partial charge >= 0.3 is 0 Å². The van der Waals surface area contributed by atoms with E-state index in [0.29, 0.717) is 18.3 Å². The van der Waals surface area contributed by atoms with Crippen molar-refractivity contribution in [1.82, 2.24) is 9.88 Å². The highest BCUT2D eigenvalue weighted by Crippen LogP contribution is 2.24. The van der Waals surface area contributed by atoms with Crippen molar-refractivity contribution in [3.8, 4) is 5.88 Å². The van der Waals surface area contributed by atoms with E-state index in [2.05, 4.69) is 34.8 Å². The van der Waals surface area contributed by atoms with Crippen LogP contribution in [0.25, 0.3) is 0 Å². The minimum atomic E-state index is -0.0663. The molecule has 0 saturated heterocycles. The average molecular weight is 372 g/mol. The molecule has 0 aliphatic carbocycles. The Morgan fingerprint density at radius 1 is 1.41 bits per heavy atom. The van der Waals surface area contributed by atoms with Crippen LogP contribution in [0.1, 0.15) is 39.2 Å². The van der Waals surface area contributed by atoms with Crippen LogP contribution in [0.15, 0.2) is 16.7 Å². The number of pyridine rings is 1. The van der Waals surface area contributed by atoms with Crippen molar-refractivity contribution in [3.63, 3.8) is 0 Å². The van der Waals surface area contributed by atoms with Crippen LogP contribution in [-0.4, -0.2) is 48.6 Å². The molecule has 0 aromatic carbocycles. The number of rotatable bonds is 9. The molecule has 0 bridgehead atoms. The second-order valence-electron chi connectivity index (χ2n) is 5.28. The maximum absolute atomic E-state index is 8.16. The number of hydrogen-bond donors (Lipinski definition) is 1. The average Bonchev–Trinajstić information content (AvgIpc) is 2.49. The zero-order valence-electron chi connectivity index (χ0n) is 13.9. The van der Waals surface area contributed by atoms with Crippen molar-refractivity contribution in [2.24, 2.45) is 0 Å². The summed E-state index contributed by atoms with van der Waals surface area (Å²) in [5, 5.41) is 8.16. The molecule has 0 saturated carbocycles. The molecule has 124 valence electrons. The van der Waals surface area contributed by atoms with Crippen molar-refractivity contribution in [2.75, 3.05) is 26.8 Å². The smallest absolute Gasteiger partial charge is 0.228 e. The molecular formula is C16H26BrN3O2. The lowest BCUT2D eigenvalue weighted by Crippen LogP contribution is -2.27. The van der Waals surface area contributed by atoms with Gasteiger partial charge in [0.25, 0.3) is 0 Å². The van der Waals surface area contributed by atoms with Gasteiger partial charge < -0.3 is 14.4 Å². The molecule has 1 rings (SSSR count). The Kier molecular flexibility index (Phi) is 8.42. The second-order valence-corrected chi connectivity index (χ2v) is 6.14. The Morgan fingerprint density at radius 2 is 2.14 bits per heavy atom. The summed E-state index contributed by atoms with van der Waals surface area (Å²) in [4.78, 5) is 6.23. The molecule has 1 N–H and O–H groups in total. The van der Waals surface area contributed by atoms with E-state index in [1.54, 1.807) is 6.20 Å². The molecule has 22 heavy (non-hydrogen) atoms. The zero-order valence-corrected chi connectivity index (χ0v) is 15.4. The molecule has 1 aromatic heterocycles. The van der Waals surface area contributed by atoms with Crippen molar-refractivity contribution >= 4 is 21.8 Å². The fourth-order valence-electron chi connectivity index (χ4n) is 1.93. The first-order chi connectivity index (χ1) is 10.5. The van der Waals surface area contributed by atoms with Gasteiger partial charge in [0, 0.05) is 32.0 Å². The molecule has 0 aliphatic heterocycles. The minimum Gasteiger partial charge on any atom is -0.471 e. The Balaban J connectivity index is 2.67. The van der Waals surface area contributed by atoms with Crippen LogP contribution in [0.3, 0.4) is 0 Å². The number of hydrogen-bond acceptors (Lipinski definition) is 4. The summed E-state index contributed by atoms with van der Waals surface area (Å²) in [5.74, 6) is 0.989. The van der Waals surface area contributed by atoms with Gasteiger partial charge in [0.15, 0.2) is 0 Å². The summed E-state index contributed by atoms with van der Waals surface area (Å²) in [6.45, 7) is 8.25. The third-order valence-corrected chi connectivity index (χ3v) is 3.60. The third-order valence-electron chi connectivity index (χ3n) is 3.04. The van der Waals surface area contributed by atoms with Crippen LogP contribution in [0.4, 0.5) is 0 Å². The summed E-state index contributed by atoms with van der Waals surface area (Å²) in [6, 6.07) is 1.87. The largest absolute Gasteiger partial charge is 0.471 e. The fraction of sp³-hybridized carbons (Fsp3) is 0.625. The van der Waals surface area contributed by atoms with Crippen LogP contribution in [-0.2, 0) is 4.74 Å². The lowest BCUT2D eigenvalue weighted by atomic mass is 10.2. The van der Waals surface area contributed by atoms with E-state index in [9.17, 15) is 0 Å². The Morgan fingerprint density at radius 3 is 2.73 bits per heavy atom. The van der Waals surface area contributed by atoms with E-state index >= 15 is 0 Å². The summed E-state index contributed by atoms with van der Waals surface area (Å²) in [6.07, 6.45) is 3.61. The van der Waals surface area contributed by atoms with E-state index < -0.39 is 0 Å². The molecule has 0 spiro atoms. The Hall–Kier alpha value is -1.14. The molecule has 1 atom stereocenters. The molecule has 6 heteroatoms. The van der Waals surface area contributed by atoms with Crippen LogP contribution in [0, 0.1) is 5.41 Å². The summed E-state index contributed by atoms with van der Waals surface area (Å²) in [5.41, 5.74) is 0.769. The first-order valence-electron chi connectivity index (χ1n) is 7.69. The highest BCUT2D eigenvalue weighted by atomic mass is 79.9. The number of aromatic nitrogens is 1. The SMILES string of the molecule is CCCOC[C@H](C)Oc1ncc(C(=N)N(C)CCC)cc1Br. The predicted molar refractivity (Wildman–Crippen MR) is 92.9 cm³/mol. The van der Waals surface area contributed by atoms with Gasteiger partial charge in [-0.15, -0.1) is 0 Å². The molecule has 1 aromatic rings. The first kappa shape index (κ1) is 18.9. The normalized spacial score (nSPS) is 12.0. The summed E-state index contributed by atoms with van der Waals surface area (Å²) < 4.78 is 12.0. The number of halogens is 1. The lowest BCUT2D eigenvalue weighted by molar-refractivity contribution is 0.0564. The van der Waals surface area contributed by atoms with E-state index in [4.69, 9.17) is 14.9 Å². The van der Waals surface area contributed by atoms with Gasteiger partial charge in [0.05, 0.1) is 11.1 Å². The molecule has 0 fully saturated rings. The number of nitrogens with zero attached hydrogens (tertiary/aromatic N) is 2. The van der Waals surface area contributed by atoms with Crippen LogP contribution in [0.2, 0.25) is 0 Å². The minimum absolute atomic E-state index is 0.0663. The standard InChI is InChI=1S/C16H26BrN3O2/c1-5-7-20(4)15(18)13-9-14(17)16(19-10-13)22-12(3)11-21-8-6-2/h9-10,12,18H,5-8,11H2,1-4H3/t12-/m0/s1. The summed E-state index contributed by atoms with van der Waals surface area (Å²) >= 11 is 3.47. The topological polar surface area (TPSA) is 58.4 Å². The molecule has 0 unspecified atom stereocenters. The maximum Gasteiger partial charge on any atom is 0.228 e. The molecule has 5 nitrogen and oxygen atoms in total. The zero-order chi connectivity index (χ0) is 16.5. The van der Waals surface area contributed by atoms with Crippen LogP contribution >= 0.6 is 15.9 Å². The molecule has 0 radical (unpaired) electrons. The first-order valence-corrected chi connectivity index (χ1v) is 8.48. The van der Waals surface area contributed by atoms with E-state index in [-0.39, 0.29) is 6.10 Å². The highest BCUT2D eigenvalue weighted by molar-refractivity contribution is 9.10. The van der Waals surface area contributed by atoms with E-state index in [1.807, 2.05) is 24.9 Å². The number of ether oxygens (including phenoxy) is 2. The summed E-state index contributed by atoms with van der Waals surface area (Å²) in [7, 11) is 1.91. The number of amidine groups is 1. The fourth-order valence-corrected chi connectivity index (χ4v) is 2.37. The molecular weight excluding hydrogens is 346 g/mol. The quantitative estimate of drug-likeness (QED) is 0.408. The van der Waals surface area contributed by atoms with Crippen molar-refractivity contribution in [1.29, 1.82) is 5.41 Å². The lowest BCUT2D eigenvalue weighted by Gasteiger charge is -2.20. The van der Waals surface area contributed by atoms with Crippen molar-refractivity contribution in [3.05, 3.63) is 22.3 Å². The van der Waals surface area contributed by atoms with Gasteiger partial charge in [-0.1, -0.05) is 13.8 Å². The van der Waals surface area contributed by atoms with Gasteiger partial charge in [-0.05, 0) is 41.8 Å². The van der Waals surface area contributed by atoms with Gasteiger partial charge in [-0.25, -0.2) is 4.98 Å². The van der Waals surface area contributed by atoms with E-state index in [1.165, 1.54) is 0 Å². The van der Waals surface area contributed by atoms with Gasteiger partial charge in [0.1, 0.15) is 11.9 Å². The Bertz CT molecular complexity index is 482. The predicted octanol–water partition coefficient (Wildman–Crippen LogP) is 3.71. The molecule has 0 amide bonds. The molecule has 0 aliphatic rings. The maximum atomic E-state index is 8.16. The Labute approximate surface area is 141 Å². The number of nitrogens with one attached hydrogen (secondary N) is 1. The van der Waals surface area contributed by atoms with Gasteiger partial charge in [-0.2, -0.15) is 0 Å². The molecule has 1 heterocycles. The van der Waals surface area contributed by atoms with Gasteiger partial charge in [0.2, 0.25) is 5.88 Å². The van der Waals surface area contributed by atoms with Crippen molar-refractivity contribution < 1.29 is 9.47 Å². The second kappa shape index (κ2) is 9.79. The van der Waals surface area contributed by atoms with E-state index in [0.717, 1.165) is 36.0 Å². The third kappa shape index (κ3) is 5.93. The van der Waals surface area contributed by atoms with Crippen LogP contribution < -0.4 is 4.74 Å². The van der Waals surface area contributed by atoms with Gasteiger partial charge in [-0.3, -0.25) is 5.41 Å². The van der Waals surface area contributed by atoms with Crippen LogP contribution in [0.5, 0.6) is 5.88 Å². The highest BCUT2D eigenvalue weighted by Gasteiger charge is 2.13.